The molecule has 1 aromatic rings. The van der Waals surface area contributed by atoms with E-state index in [1.54, 1.807) is 5.56 Å². The van der Waals surface area contributed by atoms with Crippen molar-refractivity contribution in [2.45, 2.75) is 112 Å². The third-order valence-corrected chi connectivity index (χ3v) is 6.94. The molecule has 0 aliphatic carbocycles. The summed E-state index contributed by atoms with van der Waals surface area (Å²) in [4.78, 5) is 0. The lowest BCUT2D eigenvalue weighted by Crippen LogP contribution is -2.18. The Balaban J connectivity index is 2.48. The molecule has 1 aromatic heterocycles. The monoisotopic (exact) mass is 350 g/mol. The molecule has 0 spiro atoms. The number of aryl methyl sites for hydroxylation is 2. The van der Waals surface area contributed by atoms with Gasteiger partial charge in [-0.1, -0.05) is 79.1 Å². The van der Waals surface area contributed by atoms with Crippen molar-refractivity contribution in [2.75, 3.05) is 0 Å². The van der Waals surface area contributed by atoms with E-state index in [4.69, 9.17) is 0 Å². The molecule has 0 saturated heterocycles. The summed E-state index contributed by atoms with van der Waals surface area (Å²) >= 11 is 1.87. The highest BCUT2D eigenvalue weighted by atomic mass is 32.1. The van der Waals surface area contributed by atoms with Gasteiger partial charge in [0.1, 0.15) is 0 Å². The smallest absolute Gasteiger partial charge is 0.00585 e. The zero-order chi connectivity index (χ0) is 17.8. The van der Waals surface area contributed by atoms with Gasteiger partial charge in [0.15, 0.2) is 0 Å². The predicted octanol–water partition coefficient (Wildman–Crippen LogP) is 8.57. The van der Waals surface area contributed by atoms with Crippen molar-refractivity contribution < 1.29 is 0 Å². The van der Waals surface area contributed by atoms with Crippen LogP contribution in [0.25, 0.3) is 0 Å². The zero-order valence-electron chi connectivity index (χ0n) is 17.1. The quantitative estimate of drug-likeness (QED) is 0.315. The molecule has 0 radical (unpaired) electrons. The Morgan fingerprint density at radius 2 is 1.58 bits per heavy atom. The van der Waals surface area contributed by atoms with Crippen LogP contribution in [0.2, 0.25) is 0 Å². The Labute approximate surface area is 156 Å². The number of thiophene rings is 1. The molecule has 2 unspecified atom stereocenters. The minimum absolute atomic E-state index is 0.549. The lowest BCUT2D eigenvalue weighted by atomic mass is 9.75. The molecule has 1 heterocycles. The van der Waals surface area contributed by atoms with Crippen LogP contribution in [0.5, 0.6) is 0 Å². The van der Waals surface area contributed by atoms with Crippen molar-refractivity contribution in [3.05, 3.63) is 21.9 Å². The second-order valence-electron chi connectivity index (χ2n) is 8.30. The summed E-state index contributed by atoms with van der Waals surface area (Å²) < 4.78 is 0. The maximum absolute atomic E-state index is 2.57. The van der Waals surface area contributed by atoms with Gasteiger partial charge in [-0.3, -0.25) is 0 Å². The first-order valence-electron chi connectivity index (χ1n) is 10.6. The molecule has 0 aromatic carbocycles. The SMILES string of the molecule is CCCCC(CC)CCCC(C)(CCCC)CCc1cscc1C. The number of hydrogen-bond donors (Lipinski definition) is 0. The summed E-state index contributed by atoms with van der Waals surface area (Å²) in [6, 6.07) is 0. The van der Waals surface area contributed by atoms with Crippen LogP contribution in [0.15, 0.2) is 10.8 Å². The molecule has 0 saturated carbocycles. The molecular weight excluding hydrogens is 308 g/mol. The van der Waals surface area contributed by atoms with Gasteiger partial charge in [-0.05, 0) is 65.8 Å². The first-order valence-corrected chi connectivity index (χ1v) is 11.5. The van der Waals surface area contributed by atoms with E-state index in [0.717, 1.165) is 5.92 Å². The Morgan fingerprint density at radius 3 is 2.17 bits per heavy atom. The minimum Gasteiger partial charge on any atom is -0.152 e. The molecule has 24 heavy (non-hydrogen) atoms. The van der Waals surface area contributed by atoms with Crippen molar-refractivity contribution in [3.63, 3.8) is 0 Å². The molecule has 0 aliphatic heterocycles. The highest BCUT2D eigenvalue weighted by Crippen LogP contribution is 2.37. The van der Waals surface area contributed by atoms with Crippen LogP contribution in [0.3, 0.4) is 0 Å². The van der Waals surface area contributed by atoms with Crippen LogP contribution in [-0.2, 0) is 6.42 Å². The molecule has 0 amide bonds. The minimum atomic E-state index is 0.549. The van der Waals surface area contributed by atoms with Crippen molar-refractivity contribution in [1.82, 2.24) is 0 Å². The normalized spacial score (nSPS) is 15.4. The van der Waals surface area contributed by atoms with Crippen LogP contribution in [-0.4, -0.2) is 0 Å². The molecule has 0 fully saturated rings. The van der Waals surface area contributed by atoms with E-state index < -0.39 is 0 Å². The summed E-state index contributed by atoms with van der Waals surface area (Å²) in [5, 5.41) is 4.67. The van der Waals surface area contributed by atoms with Gasteiger partial charge in [0.05, 0.1) is 0 Å². The molecule has 140 valence electrons. The van der Waals surface area contributed by atoms with Gasteiger partial charge in [0.25, 0.3) is 0 Å². The van der Waals surface area contributed by atoms with Gasteiger partial charge >= 0.3 is 0 Å². The lowest BCUT2D eigenvalue weighted by molar-refractivity contribution is 0.225. The predicted molar refractivity (Wildman–Crippen MR) is 112 cm³/mol. The molecule has 0 nitrogen and oxygen atoms in total. The van der Waals surface area contributed by atoms with Crippen LogP contribution >= 0.6 is 11.3 Å². The van der Waals surface area contributed by atoms with Gasteiger partial charge in [0.2, 0.25) is 0 Å². The largest absolute Gasteiger partial charge is 0.152 e. The van der Waals surface area contributed by atoms with E-state index in [0.29, 0.717) is 5.41 Å². The van der Waals surface area contributed by atoms with Gasteiger partial charge in [-0.15, -0.1) is 0 Å². The number of rotatable bonds is 14. The van der Waals surface area contributed by atoms with Crippen LogP contribution in [0.1, 0.15) is 109 Å². The highest BCUT2D eigenvalue weighted by molar-refractivity contribution is 7.08. The van der Waals surface area contributed by atoms with E-state index in [9.17, 15) is 0 Å². The fraction of sp³-hybridized carbons (Fsp3) is 0.826. The summed E-state index contributed by atoms with van der Waals surface area (Å²) in [5.74, 6) is 0.972. The molecular formula is C23H42S. The topological polar surface area (TPSA) is 0 Å². The molecule has 2 atom stereocenters. The maximum Gasteiger partial charge on any atom is -0.00585 e. The van der Waals surface area contributed by atoms with Crippen molar-refractivity contribution >= 4 is 11.3 Å². The van der Waals surface area contributed by atoms with Crippen molar-refractivity contribution in [1.29, 1.82) is 0 Å². The highest BCUT2D eigenvalue weighted by Gasteiger charge is 2.24. The van der Waals surface area contributed by atoms with Crippen LogP contribution in [0, 0.1) is 18.3 Å². The summed E-state index contributed by atoms with van der Waals surface area (Å²) in [5.41, 5.74) is 3.65. The van der Waals surface area contributed by atoms with E-state index in [-0.39, 0.29) is 0 Å². The lowest BCUT2D eigenvalue weighted by Gasteiger charge is -2.31. The Hall–Kier alpha value is -0.300. The summed E-state index contributed by atoms with van der Waals surface area (Å²) in [7, 11) is 0. The maximum atomic E-state index is 2.57. The van der Waals surface area contributed by atoms with Crippen LogP contribution < -0.4 is 0 Å². The first-order chi connectivity index (χ1) is 11.5. The van der Waals surface area contributed by atoms with Crippen molar-refractivity contribution in [2.24, 2.45) is 11.3 Å². The fourth-order valence-electron chi connectivity index (χ4n) is 3.92. The average Bonchev–Trinajstić information content (AvgIpc) is 2.99. The van der Waals surface area contributed by atoms with E-state index in [1.807, 2.05) is 11.3 Å². The van der Waals surface area contributed by atoms with Gasteiger partial charge in [-0.2, -0.15) is 11.3 Å². The average molecular weight is 351 g/mol. The molecule has 1 rings (SSSR count). The third-order valence-electron chi connectivity index (χ3n) is 6.03. The summed E-state index contributed by atoms with van der Waals surface area (Å²) in [6.45, 7) is 11.9. The molecule has 0 bridgehead atoms. The van der Waals surface area contributed by atoms with E-state index in [1.165, 1.54) is 82.6 Å². The van der Waals surface area contributed by atoms with Gasteiger partial charge in [0, 0.05) is 0 Å². The third kappa shape index (κ3) is 8.19. The molecule has 1 heteroatoms. The zero-order valence-corrected chi connectivity index (χ0v) is 17.9. The second kappa shape index (κ2) is 12.1. The Morgan fingerprint density at radius 1 is 0.917 bits per heavy atom. The van der Waals surface area contributed by atoms with Gasteiger partial charge in [-0.25, -0.2) is 0 Å². The van der Waals surface area contributed by atoms with Crippen molar-refractivity contribution in [3.8, 4) is 0 Å². The summed E-state index contributed by atoms with van der Waals surface area (Å²) in [6.07, 6.45) is 16.7. The van der Waals surface area contributed by atoms with Crippen LogP contribution in [0.4, 0.5) is 0 Å². The Bertz CT molecular complexity index is 419. The number of unbranched alkanes of at least 4 members (excludes halogenated alkanes) is 2. The molecule has 0 N–H and O–H groups in total. The molecule has 0 aliphatic rings. The Kier molecular flexibility index (Phi) is 11.0. The first kappa shape index (κ1) is 21.7. The second-order valence-corrected chi connectivity index (χ2v) is 9.05. The fourth-order valence-corrected chi connectivity index (χ4v) is 4.81. The standard InChI is InChI=1S/C23H42S/c1-6-9-12-21(8-3)13-11-16-23(5,15-10-7-2)17-14-22-19-24-18-20(22)4/h18-19,21H,6-17H2,1-5H3. The number of hydrogen-bond acceptors (Lipinski definition) is 1. The van der Waals surface area contributed by atoms with Gasteiger partial charge < -0.3 is 0 Å². The van der Waals surface area contributed by atoms with E-state index >= 15 is 0 Å². The van der Waals surface area contributed by atoms with E-state index in [2.05, 4.69) is 45.4 Å².